The molecule has 34 heavy (non-hydrogen) atoms. The minimum atomic E-state index is -0.179. The Morgan fingerprint density at radius 1 is 0.882 bits per heavy atom. The molecule has 1 aromatic heterocycles. The van der Waals surface area contributed by atoms with E-state index in [0.29, 0.717) is 11.3 Å². The van der Waals surface area contributed by atoms with E-state index in [2.05, 4.69) is 22.3 Å². The number of hydrogen-bond donors (Lipinski definition) is 1. The molecule has 1 amide bonds. The minimum absolute atomic E-state index is 0.179. The summed E-state index contributed by atoms with van der Waals surface area (Å²) in [5.41, 5.74) is 5.03. The third-order valence-corrected chi connectivity index (χ3v) is 6.06. The van der Waals surface area contributed by atoms with Gasteiger partial charge in [-0.25, -0.2) is 4.68 Å². The van der Waals surface area contributed by atoms with Gasteiger partial charge in [0, 0.05) is 37.1 Å². The van der Waals surface area contributed by atoms with Gasteiger partial charge in [0.05, 0.1) is 24.5 Å². The van der Waals surface area contributed by atoms with Crippen LogP contribution in [0.5, 0.6) is 0 Å². The highest BCUT2D eigenvalue weighted by Crippen LogP contribution is 2.25. The zero-order valence-electron chi connectivity index (χ0n) is 19.1. The Morgan fingerprint density at radius 2 is 1.56 bits per heavy atom. The summed E-state index contributed by atoms with van der Waals surface area (Å²) in [6.07, 6.45) is 2.78. The Morgan fingerprint density at radius 3 is 2.26 bits per heavy atom. The number of rotatable bonds is 7. The van der Waals surface area contributed by atoms with Crippen LogP contribution in [-0.4, -0.2) is 53.4 Å². The summed E-state index contributed by atoms with van der Waals surface area (Å²) in [5, 5.41) is 7.79. The van der Waals surface area contributed by atoms with Crippen molar-refractivity contribution in [2.24, 2.45) is 0 Å². The molecule has 1 N–H and O–H groups in total. The number of nitrogens with one attached hydrogen (secondary N) is 1. The van der Waals surface area contributed by atoms with Crippen LogP contribution in [0.25, 0.3) is 16.9 Å². The summed E-state index contributed by atoms with van der Waals surface area (Å²) in [4.78, 5) is 15.7. The molecule has 1 aliphatic heterocycles. The van der Waals surface area contributed by atoms with Crippen molar-refractivity contribution in [3.05, 3.63) is 102 Å². The highest BCUT2D eigenvalue weighted by atomic mass is 16.5. The van der Waals surface area contributed by atoms with E-state index in [1.807, 2.05) is 72.8 Å². The smallest absolute Gasteiger partial charge is 0.259 e. The molecule has 1 aliphatic rings. The maximum Gasteiger partial charge on any atom is 0.259 e. The van der Waals surface area contributed by atoms with Gasteiger partial charge in [-0.2, -0.15) is 5.10 Å². The number of anilines is 1. The van der Waals surface area contributed by atoms with Crippen LogP contribution in [0.1, 0.15) is 15.9 Å². The van der Waals surface area contributed by atoms with E-state index >= 15 is 0 Å². The van der Waals surface area contributed by atoms with E-state index < -0.39 is 0 Å². The van der Waals surface area contributed by atoms with Crippen LogP contribution in [0.3, 0.4) is 0 Å². The Kier molecular flexibility index (Phi) is 6.79. The van der Waals surface area contributed by atoms with Crippen LogP contribution in [-0.2, 0) is 11.2 Å². The molecule has 6 nitrogen and oxygen atoms in total. The highest BCUT2D eigenvalue weighted by Gasteiger charge is 2.19. The number of benzene rings is 3. The first-order chi connectivity index (χ1) is 16.8. The van der Waals surface area contributed by atoms with Crippen LogP contribution >= 0.6 is 0 Å². The molecule has 0 unspecified atom stereocenters. The van der Waals surface area contributed by atoms with Crippen LogP contribution in [0.4, 0.5) is 5.69 Å². The molecule has 0 atom stereocenters. The summed E-state index contributed by atoms with van der Waals surface area (Å²) in [5.74, 6) is -0.179. The number of ether oxygens (including phenoxy) is 1. The van der Waals surface area contributed by atoms with Gasteiger partial charge in [0.2, 0.25) is 0 Å². The molecule has 0 aliphatic carbocycles. The number of para-hydroxylation sites is 1. The van der Waals surface area contributed by atoms with Crippen molar-refractivity contribution in [1.29, 1.82) is 0 Å². The predicted octanol–water partition coefficient (Wildman–Crippen LogP) is 4.67. The van der Waals surface area contributed by atoms with Crippen LogP contribution in [0, 0.1) is 0 Å². The molecule has 1 saturated heterocycles. The monoisotopic (exact) mass is 452 g/mol. The molecule has 4 aromatic rings. The maximum atomic E-state index is 13.3. The Balaban J connectivity index is 1.32. The third-order valence-electron chi connectivity index (χ3n) is 6.06. The van der Waals surface area contributed by atoms with E-state index in [-0.39, 0.29) is 5.91 Å². The fourth-order valence-electron chi connectivity index (χ4n) is 4.13. The summed E-state index contributed by atoms with van der Waals surface area (Å²) in [6, 6.07) is 27.7. The van der Waals surface area contributed by atoms with E-state index in [9.17, 15) is 4.79 Å². The first-order valence-electron chi connectivity index (χ1n) is 11.7. The van der Waals surface area contributed by atoms with Crippen molar-refractivity contribution >= 4 is 11.6 Å². The minimum Gasteiger partial charge on any atom is -0.379 e. The zero-order chi connectivity index (χ0) is 23.2. The molecule has 172 valence electrons. The molecule has 0 saturated carbocycles. The van der Waals surface area contributed by atoms with Gasteiger partial charge in [0.25, 0.3) is 5.91 Å². The van der Waals surface area contributed by atoms with Crippen molar-refractivity contribution in [1.82, 2.24) is 14.7 Å². The quantitative estimate of drug-likeness (QED) is 0.443. The fourth-order valence-corrected chi connectivity index (χ4v) is 4.13. The van der Waals surface area contributed by atoms with Gasteiger partial charge in [0.15, 0.2) is 0 Å². The molecule has 2 heterocycles. The third kappa shape index (κ3) is 5.25. The Hall–Kier alpha value is -3.74. The number of aromatic nitrogens is 2. The zero-order valence-corrected chi connectivity index (χ0v) is 19.1. The molecule has 0 spiro atoms. The van der Waals surface area contributed by atoms with Crippen molar-refractivity contribution in [3.8, 4) is 16.9 Å². The molecule has 6 heteroatoms. The van der Waals surface area contributed by atoms with Gasteiger partial charge in [-0.3, -0.25) is 9.69 Å². The molecule has 3 aromatic carbocycles. The fraction of sp³-hybridized carbons (Fsp3) is 0.214. The lowest BCUT2D eigenvalue weighted by molar-refractivity contribution is 0.0384. The second kappa shape index (κ2) is 10.5. The van der Waals surface area contributed by atoms with Crippen LogP contribution in [0.15, 0.2) is 91.1 Å². The van der Waals surface area contributed by atoms with E-state index in [0.717, 1.165) is 56.2 Å². The molecule has 5 rings (SSSR count). The normalized spacial score (nSPS) is 14.1. The van der Waals surface area contributed by atoms with Crippen LogP contribution in [0.2, 0.25) is 0 Å². The summed E-state index contributed by atoms with van der Waals surface area (Å²) in [6.45, 7) is 4.64. The lowest BCUT2D eigenvalue weighted by Gasteiger charge is -2.26. The van der Waals surface area contributed by atoms with Crippen molar-refractivity contribution in [3.63, 3.8) is 0 Å². The predicted molar refractivity (Wildman–Crippen MR) is 134 cm³/mol. The second-order valence-corrected chi connectivity index (χ2v) is 8.39. The number of carbonyl (C=O) groups is 1. The van der Waals surface area contributed by atoms with Gasteiger partial charge in [-0.1, -0.05) is 60.7 Å². The summed E-state index contributed by atoms with van der Waals surface area (Å²) < 4.78 is 7.17. The standard InChI is InChI=1S/C28H28N4O2/c33-28(29-24-13-11-22(12-14-24)15-16-31-17-19-34-20-18-31)26-21-32(25-9-5-2-6-10-25)30-27(26)23-7-3-1-4-8-23/h1-14,21H,15-20H2,(H,29,33). The van der Waals surface area contributed by atoms with Gasteiger partial charge >= 0.3 is 0 Å². The number of carbonyl (C=O) groups excluding carboxylic acids is 1. The highest BCUT2D eigenvalue weighted by molar-refractivity contribution is 6.08. The Bertz CT molecular complexity index is 1210. The first-order valence-corrected chi connectivity index (χ1v) is 11.7. The van der Waals surface area contributed by atoms with Crippen molar-refractivity contribution < 1.29 is 9.53 Å². The lowest BCUT2D eigenvalue weighted by Crippen LogP contribution is -2.37. The Labute approximate surface area is 199 Å². The average Bonchev–Trinajstić information content (AvgIpc) is 3.36. The van der Waals surface area contributed by atoms with E-state index in [1.54, 1.807) is 10.9 Å². The number of morpholine rings is 1. The van der Waals surface area contributed by atoms with Crippen molar-refractivity contribution in [2.45, 2.75) is 6.42 Å². The number of amides is 1. The largest absolute Gasteiger partial charge is 0.379 e. The second-order valence-electron chi connectivity index (χ2n) is 8.39. The molecule has 1 fully saturated rings. The SMILES string of the molecule is O=C(Nc1ccc(CCN2CCOCC2)cc1)c1cn(-c2ccccc2)nc1-c1ccccc1. The van der Waals surface area contributed by atoms with Gasteiger partial charge in [-0.15, -0.1) is 0 Å². The molecular formula is C28H28N4O2. The van der Waals surface area contributed by atoms with Gasteiger partial charge < -0.3 is 10.1 Å². The van der Waals surface area contributed by atoms with Crippen LogP contribution < -0.4 is 5.32 Å². The average molecular weight is 453 g/mol. The molecular weight excluding hydrogens is 424 g/mol. The lowest BCUT2D eigenvalue weighted by atomic mass is 10.1. The topological polar surface area (TPSA) is 59.4 Å². The first kappa shape index (κ1) is 22.1. The maximum absolute atomic E-state index is 13.3. The van der Waals surface area contributed by atoms with Gasteiger partial charge in [-0.05, 0) is 36.2 Å². The van der Waals surface area contributed by atoms with E-state index in [4.69, 9.17) is 9.84 Å². The number of nitrogens with zero attached hydrogens (tertiary/aromatic N) is 3. The number of hydrogen-bond acceptors (Lipinski definition) is 4. The molecule has 0 radical (unpaired) electrons. The summed E-state index contributed by atoms with van der Waals surface area (Å²) in [7, 11) is 0. The summed E-state index contributed by atoms with van der Waals surface area (Å²) >= 11 is 0. The van der Waals surface area contributed by atoms with E-state index in [1.165, 1.54) is 5.56 Å². The molecule has 0 bridgehead atoms. The van der Waals surface area contributed by atoms with Gasteiger partial charge in [0.1, 0.15) is 5.69 Å². The van der Waals surface area contributed by atoms with Crippen molar-refractivity contribution in [2.75, 3.05) is 38.2 Å².